The predicted molar refractivity (Wildman–Crippen MR) is 113 cm³/mol. The van der Waals surface area contributed by atoms with Gasteiger partial charge in [-0.1, -0.05) is 18.2 Å². The van der Waals surface area contributed by atoms with Crippen molar-refractivity contribution in [2.45, 2.75) is 39.7 Å². The Kier molecular flexibility index (Phi) is 6.19. The number of carbonyl (C=O) groups is 1. The van der Waals surface area contributed by atoms with Crippen LogP contribution in [0, 0.1) is 31.6 Å². The summed E-state index contributed by atoms with van der Waals surface area (Å²) < 4.78 is 5.81. The number of H-pyrrole nitrogens is 1. The second kappa shape index (κ2) is 8.99. The smallest absolute Gasteiger partial charge is 0.223 e. The lowest BCUT2D eigenvalue weighted by Gasteiger charge is -2.50. The van der Waals surface area contributed by atoms with Gasteiger partial charge in [0.15, 0.2) is 0 Å². The molecule has 2 aliphatic rings. The van der Waals surface area contributed by atoms with E-state index in [0.29, 0.717) is 12.5 Å². The van der Waals surface area contributed by atoms with Crippen molar-refractivity contribution in [2.24, 2.45) is 17.8 Å². The summed E-state index contributed by atoms with van der Waals surface area (Å²) in [5, 5.41) is 10.3. The van der Waals surface area contributed by atoms with Gasteiger partial charge in [-0.15, -0.1) is 0 Å². The summed E-state index contributed by atoms with van der Waals surface area (Å²) in [6.45, 7) is 8.51. The molecule has 0 unspecified atom stereocenters. The average Bonchev–Trinajstić information content (AvgIpc) is 3.04. The van der Waals surface area contributed by atoms with Crippen LogP contribution in [0.3, 0.4) is 0 Å². The number of likely N-dealkylation sites (tertiary alicyclic amines) is 1. The van der Waals surface area contributed by atoms with Crippen molar-refractivity contribution in [3.8, 4) is 5.75 Å². The first-order valence-electron chi connectivity index (χ1n) is 10.8. The third kappa shape index (κ3) is 4.64. The van der Waals surface area contributed by atoms with Gasteiger partial charge in [0.2, 0.25) is 5.91 Å². The zero-order chi connectivity index (χ0) is 20.2. The fourth-order valence-corrected chi connectivity index (χ4v) is 4.80. The summed E-state index contributed by atoms with van der Waals surface area (Å²) in [7, 11) is 0. The molecule has 156 valence electrons. The number of piperidine rings is 1. The summed E-state index contributed by atoms with van der Waals surface area (Å²) in [6, 6.07) is 9.99. The van der Waals surface area contributed by atoms with Gasteiger partial charge in [-0.3, -0.25) is 9.89 Å². The Morgan fingerprint density at radius 2 is 2.14 bits per heavy atom. The normalized spacial score (nSPS) is 23.9. The minimum absolute atomic E-state index is 0.163. The fourth-order valence-electron chi connectivity index (χ4n) is 4.80. The van der Waals surface area contributed by atoms with Gasteiger partial charge in [0.05, 0.1) is 12.3 Å². The minimum Gasteiger partial charge on any atom is -0.494 e. The first-order chi connectivity index (χ1) is 14.1. The lowest BCUT2D eigenvalue weighted by molar-refractivity contribution is -0.137. The molecule has 1 aromatic carbocycles. The fraction of sp³-hybridized carbons (Fsp3) is 0.565. The summed E-state index contributed by atoms with van der Waals surface area (Å²) in [5.41, 5.74) is 3.12. The Hall–Kier alpha value is -2.34. The Balaban J connectivity index is 1.20. The Morgan fingerprint density at radius 3 is 2.90 bits per heavy atom. The van der Waals surface area contributed by atoms with E-state index in [1.165, 1.54) is 6.42 Å². The van der Waals surface area contributed by atoms with Crippen LogP contribution in [0.5, 0.6) is 5.75 Å². The van der Waals surface area contributed by atoms with Crippen molar-refractivity contribution in [3.05, 3.63) is 47.3 Å². The standard InChI is InChI=1S/C23H32N4O2/c1-16-21(17(2)26-25-16)14-24-23(28)20-13-18-9-11-27(15-22(18)20)10-6-12-29-19-7-4-3-5-8-19/h3-5,7-8,18,20,22H,6,9-15H2,1-2H3,(H,24,28)(H,25,26)/t18-,20-,22-/m1/s1. The molecule has 1 saturated heterocycles. The average molecular weight is 397 g/mol. The highest BCUT2D eigenvalue weighted by molar-refractivity contribution is 5.80. The van der Waals surface area contributed by atoms with Crippen LogP contribution < -0.4 is 10.1 Å². The number of para-hydroxylation sites is 1. The number of amides is 1. The molecule has 6 heteroatoms. The summed E-state index contributed by atoms with van der Waals surface area (Å²) in [6.07, 6.45) is 3.28. The van der Waals surface area contributed by atoms with Crippen LogP contribution >= 0.6 is 0 Å². The SMILES string of the molecule is Cc1n[nH]c(C)c1CNC(=O)[C@@H]1C[C@H]2CCN(CCCOc3ccccc3)C[C@H]21. The van der Waals surface area contributed by atoms with E-state index in [1.807, 2.05) is 44.2 Å². The number of rotatable bonds is 8. The van der Waals surface area contributed by atoms with E-state index >= 15 is 0 Å². The van der Waals surface area contributed by atoms with Gasteiger partial charge in [0.1, 0.15) is 5.75 Å². The van der Waals surface area contributed by atoms with Crippen LogP contribution in [0.25, 0.3) is 0 Å². The number of aromatic amines is 1. The van der Waals surface area contributed by atoms with Crippen LogP contribution in [-0.4, -0.2) is 47.2 Å². The number of ether oxygens (including phenoxy) is 1. The van der Waals surface area contributed by atoms with E-state index in [1.54, 1.807) is 0 Å². The molecule has 29 heavy (non-hydrogen) atoms. The molecule has 2 fully saturated rings. The van der Waals surface area contributed by atoms with E-state index in [2.05, 4.69) is 20.4 Å². The predicted octanol–water partition coefficient (Wildman–Crippen LogP) is 3.07. The second-order valence-corrected chi connectivity index (χ2v) is 8.50. The molecular weight excluding hydrogens is 364 g/mol. The van der Waals surface area contributed by atoms with Crippen molar-refractivity contribution in [1.82, 2.24) is 20.4 Å². The number of nitrogens with one attached hydrogen (secondary N) is 2. The zero-order valence-electron chi connectivity index (χ0n) is 17.5. The molecule has 2 aromatic rings. The second-order valence-electron chi connectivity index (χ2n) is 8.50. The number of carbonyl (C=O) groups excluding carboxylic acids is 1. The molecule has 0 spiro atoms. The van der Waals surface area contributed by atoms with E-state index in [9.17, 15) is 4.79 Å². The largest absolute Gasteiger partial charge is 0.494 e. The van der Waals surface area contributed by atoms with Gasteiger partial charge in [-0.25, -0.2) is 0 Å². The summed E-state index contributed by atoms with van der Waals surface area (Å²) in [5.74, 6) is 2.53. The number of benzene rings is 1. The molecule has 1 aromatic heterocycles. The van der Waals surface area contributed by atoms with Crippen molar-refractivity contribution in [3.63, 3.8) is 0 Å². The molecule has 1 amide bonds. The van der Waals surface area contributed by atoms with Gasteiger partial charge < -0.3 is 15.0 Å². The Bertz CT molecular complexity index is 800. The summed E-state index contributed by atoms with van der Waals surface area (Å²) >= 11 is 0. The minimum atomic E-state index is 0.163. The van der Waals surface area contributed by atoms with E-state index < -0.39 is 0 Å². The number of hydrogen-bond donors (Lipinski definition) is 2. The maximum atomic E-state index is 12.7. The van der Waals surface area contributed by atoms with Gasteiger partial charge in [-0.2, -0.15) is 5.10 Å². The Labute approximate surface area is 173 Å². The van der Waals surface area contributed by atoms with Gasteiger partial charge in [0, 0.05) is 36.8 Å². The maximum Gasteiger partial charge on any atom is 0.223 e. The molecule has 0 bridgehead atoms. The molecule has 1 saturated carbocycles. The number of hydrogen-bond acceptors (Lipinski definition) is 4. The number of fused-ring (bicyclic) bond motifs is 1. The van der Waals surface area contributed by atoms with Crippen molar-refractivity contribution >= 4 is 5.91 Å². The molecule has 1 aliphatic carbocycles. The van der Waals surface area contributed by atoms with Crippen molar-refractivity contribution in [2.75, 3.05) is 26.2 Å². The molecule has 2 N–H and O–H groups in total. The van der Waals surface area contributed by atoms with Crippen LogP contribution in [-0.2, 0) is 11.3 Å². The van der Waals surface area contributed by atoms with Crippen molar-refractivity contribution < 1.29 is 9.53 Å². The highest BCUT2D eigenvalue weighted by Gasteiger charge is 2.47. The van der Waals surface area contributed by atoms with Crippen molar-refractivity contribution in [1.29, 1.82) is 0 Å². The van der Waals surface area contributed by atoms with Gasteiger partial charge in [0.25, 0.3) is 0 Å². The molecular formula is C23H32N4O2. The highest BCUT2D eigenvalue weighted by atomic mass is 16.5. The lowest BCUT2D eigenvalue weighted by Crippen LogP contribution is -2.55. The van der Waals surface area contributed by atoms with Crippen LogP contribution in [0.4, 0.5) is 0 Å². The molecule has 4 rings (SSSR count). The molecule has 3 atom stereocenters. The Morgan fingerprint density at radius 1 is 1.31 bits per heavy atom. The first kappa shape index (κ1) is 20.0. The van der Waals surface area contributed by atoms with Crippen LogP contribution in [0.15, 0.2) is 30.3 Å². The van der Waals surface area contributed by atoms with E-state index in [-0.39, 0.29) is 11.8 Å². The monoisotopic (exact) mass is 396 g/mol. The number of aryl methyl sites for hydroxylation is 2. The molecule has 2 heterocycles. The lowest BCUT2D eigenvalue weighted by atomic mass is 9.61. The topological polar surface area (TPSA) is 70.2 Å². The third-order valence-corrected chi connectivity index (χ3v) is 6.65. The van der Waals surface area contributed by atoms with Crippen LogP contribution in [0.2, 0.25) is 0 Å². The quantitative estimate of drug-likeness (QED) is 0.673. The summed E-state index contributed by atoms with van der Waals surface area (Å²) in [4.78, 5) is 15.3. The number of aromatic nitrogens is 2. The highest BCUT2D eigenvalue weighted by Crippen LogP contribution is 2.45. The van der Waals surface area contributed by atoms with Gasteiger partial charge in [-0.05, 0) is 63.6 Å². The first-order valence-corrected chi connectivity index (χ1v) is 10.8. The van der Waals surface area contributed by atoms with Crippen LogP contribution in [0.1, 0.15) is 36.2 Å². The number of nitrogens with zero attached hydrogens (tertiary/aromatic N) is 2. The maximum absolute atomic E-state index is 12.7. The van der Waals surface area contributed by atoms with Gasteiger partial charge >= 0.3 is 0 Å². The van der Waals surface area contributed by atoms with E-state index in [0.717, 1.165) is 67.7 Å². The van der Waals surface area contributed by atoms with E-state index in [4.69, 9.17) is 4.74 Å². The zero-order valence-corrected chi connectivity index (χ0v) is 17.5. The molecule has 1 aliphatic heterocycles. The molecule has 6 nitrogen and oxygen atoms in total. The molecule has 0 radical (unpaired) electrons. The third-order valence-electron chi connectivity index (χ3n) is 6.65.